The quantitative estimate of drug-likeness (QED) is 0.799. The predicted octanol–water partition coefficient (Wildman–Crippen LogP) is 2.49. The van der Waals surface area contributed by atoms with Crippen LogP contribution < -0.4 is 4.90 Å². The Balaban J connectivity index is 1.79. The van der Waals surface area contributed by atoms with Crippen LogP contribution in [0.1, 0.15) is 38.2 Å². The van der Waals surface area contributed by atoms with E-state index in [1.165, 1.54) is 6.92 Å². The molecule has 5 nitrogen and oxygen atoms in total. The lowest BCUT2D eigenvalue weighted by atomic mass is 10.1. The van der Waals surface area contributed by atoms with Gasteiger partial charge in [-0.15, -0.1) is 0 Å². The normalized spacial score (nSPS) is 18.7. The van der Waals surface area contributed by atoms with Crippen LogP contribution in [0.5, 0.6) is 0 Å². The zero-order valence-corrected chi connectivity index (χ0v) is 13.6. The Morgan fingerprint density at radius 3 is 2.73 bits per heavy atom. The zero-order valence-electron chi connectivity index (χ0n) is 12.7. The smallest absolute Gasteiger partial charge is 0.297 e. The molecule has 1 fully saturated rings. The van der Waals surface area contributed by atoms with Crippen LogP contribution >= 0.6 is 0 Å². The Morgan fingerprint density at radius 2 is 2.05 bits per heavy atom. The Hall–Kier alpha value is -1.40. The summed E-state index contributed by atoms with van der Waals surface area (Å²) in [5.74, 6) is 0.276. The summed E-state index contributed by atoms with van der Waals surface area (Å²) >= 11 is 0. The van der Waals surface area contributed by atoms with Crippen molar-refractivity contribution in [3.8, 4) is 0 Å². The monoisotopic (exact) mass is 323 g/mol. The fourth-order valence-electron chi connectivity index (χ4n) is 3.27. The molecule has 0 aromatic heterocycles. The summed E-state index contributed by atoms with van der Waals surface area (Å²) < 4.78 is 29.9. The molecule has 2 aliphatic rings. The van der Waals surface area contributed by atoms with Gasteiger partial charge in [-0.25, -0.2) is 0 Å². The molecule has 0 atom stereocenters. The number of nitrogens with zero attached hydrogens (tertiary/aromatic N) is 1. The van der Waals surface area contributed by atoms with Crippen LogP contribution in [0.3, 0.4) is 0 Å². The van der Waals surface area contributed by atoms with Crippen LogP contribution in [0, 0.1) is 5.92 Å². The minimum Gasteiger partial charge on any atom is -0.312 e. The first-order valence-corrected chi connectivity index (χ1v) is 9.18. The Labute approximate surface area is 131 Å². The maximum absolute atomic E-state index is 12.3. The van der Waals surface area contributed by atoms with Gasteiger partial charge in [-0.1, -0.05) is 18.9 Å². The van der Waals surface area contributed by atoms with Gasteiger partial charge in [0.1, 0.15) is 0 Å². The third-order valence-electron chi connectivity index (χ3n) is 4.55. The molecule has 22 heavy (non-hydrogen) atoms. The van der Waals surface area contributed by atoms with E-state index in [2.05, 4.69) is 0 Å². The van der Waals surface area contributed by atoms with Crippen molar-refractivity contribution < 1.29 is 17.4 Å². The van der Waals surface area contributed by atoms with Crippen LogP contribution in [0.4, 0.5) is 5.69 Å². The summed E-state index contributed by atoms with van der Waals surface area (Å²) in [5.41, 5.74) is 1.70. The second kappa shape index (κ2) is 6.01. The van der Waals surface area contributed by atoms with E-state index in [1.807, 2.05) is 0 Å². The van der Waals surface area contributed by atoms with Gasteiger partial charge in [-0.05, 0) is 42.9 Å². The Morgan fingerprint density at radius 1 is 1.32 bits per heavy atom. The summed E-state index contributed by atoms with van der Waals surface area (Å²) in [4.78, 5) is 13.4. The van der Waals surface area contributed by atoms with Gasteiger partial charge in [0.25, 0.3) is 10.1 Å². The van der Waals surface area contributed by atoms with Crippen LogP contribution in [0.15, 0.2) is 23.1 Å². The molecular weight excluding hydrogens is 302 g/mol. The summed E-state index contributed by atoms with van der Waals surface area (Å²) in [6.45, 7) is 2.36. The number of carbonyl (C=O) groups excluding carboxylic acids is 1. The van der Waals surface area contributed by atoms with Crippen molar-refractivity contribution in [3.05, 3.63) is 23.8 Å². The van der Waals surface area contributed by atoms with E-state index in [4.69, 9.17) is 4.18 Å². The molecule has 120 valence electrons. The molecule has 0 spiro atoms. The number of amides is 1. The molecule has 0 bridgehead atoms. The lowest BCUT2D eigenvalue weighted by molar-refractivity contribution is -0.116. The summed E-state index contributed by atoms with van der Waals surface area (Å²) in [5, 5.41) is 0. The SMILES string of the molecule is CC(=O)N1CCc2ccc(S(=O)(=O)OCC3CCCC3)cc21. The third kappa shape index (κ3) is 3.03. The minimum absolute atomic E-state index is 0.0693. The number of rotatable bonds is 4. The number of fused-ring (bicyclic) bond motifs is 1. The van der Waals surface area contributed by atoms with Crippen molar-refractivity contribution in [2.24, 2.45) is 5.92 Å². The van der Waals surface area contributed by atoms with Gasteiger partial charge in [-0.3, -0.25) is 8.98 Å². The lowest BCUT2D eigenvalue weighted by Gasteiger charge is -2.16. The average molecular weight is 323 g/mol. The van der Waals surface area contributed by atoms with Crippen molar-refractivity contribution in [3.63, 3.8) is 0 Å². The van der Waals surface area contributed by atoms with E-state index in [0.717, 1.165) is 37.7 Å². The highest BCUT2D eigenvalue weighted by atomic mass is 32.2. The fraction of sp³-hybridized carbons (Fsp3) is 0.562. The first-order valence-electron chi connectivity index (χ1n) is 7.78. The molecule has 0 N–H and O–H groups in total. The van der Waals surface area contributed by atoms with Gasteiger partial charge in [0.05, 0.1) is 11.5 Å². The molecule has 1 heterocycles. The van der Waals surface area contributed by atoms with Crippen molar-refractivity contribution in [2.75, 3.05) is 18.1 Å². The van der Waals surface area contributed by atoms with Crippen molar-refractivity contribution in [1.82, 2.24) is 0 Å². The topological polar surface area (TPSA) is 63.7 Å². The average Bonchev–Trinajstić information content (AvgIpc) is 3.13. The van der Waals surface area contributed by atoms with Crippen molar-refractivity contribution in [2.45, 2.75) is 43.9 Å². The summed E-state index contributed by atoms with van der Waals surface area (Å²) in [7, 11) is -3.76. The molecule has 1 aliphatic carbocycles. The van der Waals surface area contributed by atoms with Gasteiger partial charge in [-0.2, -0.15) is 8.42 Å². The maximum Gasteiger partial charge on any atom is 0.297 e. The highest BCUT2D eigenvalue weighted by molar-refractivity contribution is 7.86. The molecule has 1 aromatic carbocycles. The zero-order chi connectivity index (χ0) is 15.7. The summed E-state index contributed by atoms with van der Waals surface area (Å²) in [6.07, 6.45) is 5.15. The maximum atomic E-state index is 12.3. The predicted molar refractivity (Wildman–Crippen MR) is 83.3 cm³/mol. The van der Waals surface area contributed by atoms with Gasteiger partial charge in [0.15, 0.2) is 0 Å². The number of benzene rings is 1. The molecule has 0 unspecified atom stereocenters. The molecule has 1 amide bonds. The van der Waals surface area contributed by atoms with Gasteiger partial charge in [0.2, 0.25) is 5.91 Å². The second-order valence-corrected chi connectivity index (χ2v) is 7.72. The Kier molecular flexibility index (Phi) is 4.23. The van der Waals surface area contributed by atoms with Crippen molar-refractivity contribution in [1.29, 1.82) is 0 Å². The van der Waals surface area contributed by atoms with Crippen LogP contribution in [-0.2, 0) is 25.5 Å². The third-order valence-corrected chi connectivity index (χ3v) is 5.83. The molecular formula is C16H21NO4S. The second-order valence-electron chi connectivity index (χ2n) is 6.10. The molecule has 6 heteroatoms. The van der Waals surface area contributed by atoms with Crippen LogP contribution in [0.2, 0.25) is 0 Å². The van der Waals surface area contributed by atoms with E-state index in [-0.39, 0.29) is 17.4 Å². The molecule has 1 aromatic rings. The fourth-order valence-corrected chi connectivity index (χ4v) is 4.27. The lowest BCUT2D eigenvalue weighted by Crippen LogP contribution is -2.26. The molecule has 0 radical (unpaired) electrons. The highest BCUT2D eigenvalue weighted by Crippen LogP contribution is 2.32. The summed E-state index contributed by atoms with van der Waals surface area (Å²) in [6, 6.07) is 4.92. The standard InChI is InChI=1S/C16H21NO4S/c1-12(18)17-9-8-14-6-7-15(10-16(14)17)22(19,20)21-11-13-4-2-3-5-13/h6-7,10,13H,2-5,8-9,11H2,1H3. The van der Waals surface area contributed by atoms with Gasteiger partial charge in [0, 0.05) is 19.2 Å². The number of hydrogen-bond acceptors (Lipinski definition) is 4. The minimum atomic E-state index is -3.76. The van der Waals surface area contributed by atoms with Crippen LogP contribution in [0.25, 0.3) is 0 Å². The van der Waals surface area contributed by atoms with Gasteiger partial charge < -0.3 is 4.90 Å². The number of carbonyl (C=O) groups is 1. The van der Waals surface area contributed by atoms with Crippen molar-refractivity contribution >= 4 is 21.7 Å². The first-order chi connectivity index (χ1) is 10.5. The largest absolute Gasteiger partial charge is 0.312 e. The van der Waals surface area contributed by atoms with E-state index in [9.17, 15) is 13.2 Å². The van der Waals surface area contributed by atoms with E-state index in [1.54, 1.807) is 23.1 Å². The van der Waals surface area contributed by atoms with Crippen LogP contribution in [-0.4, -0.2) is 27.5 Å². The van der Waals surface area contributed by atoms with E-state index >= 15 is 0 Å². The Bertz CT molecular complexity index is 677. The van der Waals surface area contributed by atoms with E-state index < -0.39 is 10.1 Å². The molecule has 1 aliphatic heterocycles. The first kappa shape index (κ1) is 15.5. The highest BCUT2D eigenvalue weighted by Gasteiger charge is 2.26. The van der Waals surface area contributed by atoms with E-state index in [0.29, 0.717) is 18.2 Å². The molecule has 3 rings (SSSR count). The molecule has 0 saturated heterocycles. The van der Waals surface area contributed by atoms with Gasteiger partial charge >= 0.3 is 0 Å². The number of hydrogen-bond donors (Lipinski definition) is 0. The molecule has 1 saturated carbocycles. The number of anilines is 1.